The summed E-state index contributed by atoms with van der Waals surface area (Å²) < 4.78 is 0. The molecule has 0 aromatic carbocycles. The highest BCUT2D eigenvalue weighted by Gasteiger charge is 2.62. The number of hydrazine groups is 1. The topological polar surface area (TPSA) is 170 Å². The summed E-state index contributed by atoms with van der Waals surface area (Å²) in [6, 6.07) is 4.70. The summed E-state index contributed by atoms with van der Waals surface area (Å²) in [5, 5.41) is 32.9. The number of carbonyl (C=O) groups excluding carboxylic acids is 1. The molecule has 0 radical (unpaired) electrons. The van der Waals surface area contributed by atoms with Crippen molar-refractivity contribution >= 4 is 11.8 Å². The van der Waals surface area contributed by atoms with E-state index in [-0.39, 0.29) is 11.4 Å². The minimum Gasteiger partial charge on any atom is -0.541 e. The second-order valence-corrected chi connectivity index (χ2v) is 6.82. The van der Waals surface area contributed by atoms with Crippen molar-refractivity contribution in [1.29, 1.82) is 0 Å². The number of aromatic nitrogens is 1. The van der Waals surface area contributed by atoms with Crippen LogP contribution in [0.2, 0.25) is 0 Å². The molecule has 2 atom stereocenters. The molecule has 3 N–H and O–H groups in total. The van der Waals surface area contributed by atoms with Gasteiger partial charge in [-0.05, 0) is 44.2 Å². The fourth-order valence-corrected chi connectivity index (χ4v) is 3.16. The first-order valence-electron chi connectivity index (χ1n) is 9.24. The molecule has 1 aromatic rings. The zero-order valence-corrected chi connectivity index (χ0v) is 16.2. The Kier molecular flexibility index (Phi) is 8.71. The first-order valence-corrected chi connectivity index (χ1v) is 9.24. The number of anilines is 1. The van der Waals surface area contributed by atoms with Crippen molar-refractivity contribution < 1.29 is 25.6 Å². The third-order valence-corrected chi connectivity index (χ3v) is 4.96. The molecule has 2 rings (SSSR count). The molecule has 1 aliphatic carbocycles. The number of nitro groups is 2. The number of carboxylic acids is 1. The molecule has 11 heteroatoms. The molecule has 0 amide bonds. The van der Waals surface area contributed by atoms with Crippen LogP contribution in [0.25, 0.3) is 0 Å². The number of nitrogens with zero attached hydrogens (tertiary/aromatic N) is 4. The minimum absolute atomic E-state index is 0.0200. The van der Waals surface area contributed by atoms with Gasteiger partial charge in [0.05, 0.1) is 16.9 Å². The summed E-state index contributed by atoms with van der Waals surface area (Å²) in [4.78, 5) is 36.5. The first kappa shape index (κ1) is 23.2. The van der Waals surface area contributed by atoms with Crippen LogP contribution in [0.4, 0.5) is 5.82 Å². The van der Waals surface area contributed by atoms with Crippen LogP contribution in [0, 0.1) is 26.1 Å². The molecule has 0 aliphatic heterocycles. The summed E-state index contributed by atoms with van der Waals surface area (Å²) in [5.74, 6) is -3.81. The summed E-state index contributed by atoms with van der Waals surface area (Å²) in [5.41, 5.74) is 0.948. The maximum Gasteiger partial charge on any atom is 0.394 e. The van der Waals surface area contributed by atoms with Crippen molar-refractivity contribution in [2.45, 2.75) is 64.1 Å². The Labute approximate surface area is 162 Å². The van der Waals surface area contributed by atoms with Gasteiger partial charge < -0.3 is 15.6 Å². The number of quaternary nitrogens is 1. The van der Waals surface area contributed by atoms with Crippen molar-refractivity contribution in [2.75, 3.05) is 5.01 Å². The van der Waals surface area contributed by atoms with Gasteiger partial charge in [-0.1, -0.05) is 26.3 Å². The van der Waals surface area contributed by atoms with Crippen LogP contribution in [-0.2, 0) is 4.79 Å². The van der Waals surface area contributed by atoms with E-state index in [9.17, 15) is 30.1 Å². The third-order valence-electron chi connectivity index (χ3n) is 4.96. The number of hydrogen-bond acceptors (Lipinski definition) is 7. The zero-order chi connectivity index (χ0) is 21.3. The van der Waals surface area contributed by atoms with Gasteiger partial charge in [0.1, 0.15) is 5.97 Å². The average molecular weight is 397 g/mol. The highest BCUT2D eigenvalue weighted by Crippen LogP contribution is 2.31. The van der Waals surface area contributed by atoms with E-state index in [4.69, 9.17) is 0 Å². The van der Waals surface area contributed by atoms with Crippen molar-refractivity contribution in [2.24, 2.45) is 5.92 Å². The third kappa shape index (κ3) is 5.12. The number of pyridine rings is 1. The molecule has 28 heavy (non-hydrogen) atoms. The molecule has 11 nitrogen and oxygen atoms in total. The zero-order valence-electron chi connectivity index (χ0n) is 16.2. The van der Waals surface area contributed by atoms with Crippen molar-refractivity contribution in [3.05, 3.63) is 44.6 Å². The summed E-state index contributed by atoms with van der Waals surface area (Å²) in [6.07, 6.45) is 8.24. The van der Waals surface area contributed by atoms with Crippen LogP contribution in [-0.4, -0.2) is 32.6 Å². The standard InChI is InChI=1S/C11H14N4O6.C6H13N/c1-3-8(2)11(10(16)17,14(18)19)13(15(20)21)9-6-4-5-7-12-9;7-6-4-2-1-3-5-6/h4-8H,3H2,1-2H3,(H,16,17);6H,1-5,7H2/t8-,11+;/m0./s1. The molecule has 0 spiro atoms. The monoisotopic (exact) mass is 397 g/mol. The highest BCUT2D eigenvalue weighted by molar-refractivity contribution is 5.78. The SMILES string of the molecule is CC[C@H](C)[C@@](C(=O)[O-])(N(c1ccccn1)[N+](=O)[O-])[N+](=O)[O-].[NH3+]C1CCCCC1. The fourth-order valence-electron chi connectivity index (χ4n) is 3.16. The van der Waals surface area contributed by atoms with Gasteiger partial charge in [0.15, 0.2) is 5.03 Å². The van der Waals surface area contributed by atoms with Crippen LogP contribution < -0.4 is 15.8 Å². The van der Waals surface area contributed by atoms with Crippen LogP contribution >= 0.6 is 0 Å². The van der Waals surface area contributed by atoms with E-state index < -0.39 is 33.3 Å². The van der Waals surface area contributed by atoms with E-state index in [1.54, 1.807) is 0 Å². The molecule has 1 fully saturated rings. The van der Waals surface area contributed by atoms with E-state index in [2.05, 4.69) is 10.7 Å². The Morgan fingerprint density at radius 2 is 1.93 bits per heavy atom. The Bertz CT molecular complexity index is 651. The van der Waals surface area contributed by atoms with Gasteiger partial charge in [0.25, 0.3) is 0 Å². The molecule has 1 saturated carbocycles. The maximum absolute atomic E-state index is 11.5. The second-order valence-electron chi connectivity index (χ2n) is 6.82. The fraction of sp³-hybridized carbons (Fsp3) is 0.647. The normalized spacial score (nSPS) is 17.4. The van der Waals surface area contributed by atoms with Gasteiger partial charge in [-0.3, -0.25) is 10.1 Å². The molecule has 0 saturated heterocycles. The number of rotatable bonds is 7. The van der Waals surface area contributed by atoms with Crippen molar-refractivity contribution in [3.8, 4) is 0 Å². The van der Waals surface area contributed by atoms with Gasteiger partial charge in [0, 0.05) is 11.2 Å². The van der Waals surface area contributed by atoms with E-state index in [0.29, 0.717) is 0 Å². The first-order chi connectivity index (χ1) is 13.2. The molecule has 1 aromatic heterocycles. The summed E-state index contributed by atoms with van der Waals surface area (Å²) >= 11 is 0. The Morgan fingerprint density at radius 3 is 2.25 bits per heavy atom. The molecule has 1 heterocycles. The molecule has 1 aliphatic rings. The van der Waals surface area contributed by atoms with Gasteiger partial charge in [0.2, 0.25) is 5.82 Å². The molecular formula is C17H27N5O6. The number of carboxylic acid groups (broad SMARTS) is 1. The lowest BCUT2D eigenvalue weighted by molar-refractivity contribution is -0.640. The number of aliphatic carboxylic acids is 1. The Morgan fingerprint density at radius 1 is 1.32 bits per heavy atom. The van der Waals surface area contributed by atoms with Gasteiger partial charge in [-0.2, -0.15) is 0 Å². The van der Waals surface area contributed by atoms with Crippen LogP contribution in [0.5, 0.6) is 0 Å². The number of carbonyl (C=O) groups is 1. The average Bonchev–Trinajstić information content (AvgIpc) is 2.66. The van der Waals surface area contributed by atoms with Crippen LogP contribution in [0.15, 0.2) is 24.4 Å². The van der Waals surface area contributed by atoms with Crippen LogP contribution in [0.1, 0.15) is 52.4 Å². The molecule has 0 unspecified atom stereocenters. The number of hydrogen-bond donors (Lipinski definition) is 1. The lowest BCUT2D eigenvalue weighted by atomic mass is 9.91. The largest absolute Gasteiger partial charge is 0.541 e. The maximum atomic E-state index is 11.5. The highest BCUT2D eigenvalue weighted by atomic mass is 16.7. The van der Waals surface area contributed by atoms with Crippen molar-refractivity contribution in [1.82, 2.24) is 4.98 Å². The van der Waals surface area contributed by atoms with E-state index in [1.165, 1.54) is 64.3 Å². The molecule has 0 bridgehead atoms. The molecular weight excluding hydrogens is 370 g/mol. The lowest BCUT2D eigenvalue weighted by Gasteiger charge is -2.33. The predicted molar refractivity (Wildman–Crippen MR) is 97.7 cm³/mol. The van der Waals surface area contributed by atoms with Gasteiger partial charge in [-0.15, -0.1) is 0 Å². The lowest BCUT2D eigenvalue weighted by Crippen LogP contribution is -2.70. The minimum atomic E-state index is -3.05. The Balaban J connectivity index is 0.000000467. The van der Waals surface area contributed by atoms with E-state index in [0.717, 1.165) is 12.1 Å². The van der Waals surface area contributed by atoms with Gasteiger partial charge in [-0.25, -0.2) is 15.1 Å². The quantitative estimate of drug-likeness (QED) is 0.391. The smallest absolute Gasteiger partial charge is 0.394 e. The predicted octanol–water partition coefficient (Wildman–Crippen LogP) is 0.410. The molecule has 156 valence electrons. The van der Waals surface area contributed by atoms with Gasteiger partial charge >= 0.3 is 5.66 Å². The van der Waals surface area contributed by atoms with Crippen LogP contribution in [0.3, 0.4) is 0 Å². The van der Waals surface area contributed by atoms with Crippen molar-refractivity contribution in [3.63, 3.8) is 0 Å². The summed E-state index contributed by atoms with van der Waals surface area (Å²) in [7, 11) is 0. The second kappa shape index (κ2) is 10.5. The van der Waals surface area contributed by atoms with E-state index >= 15 is 0 Å². The van der Waals surface area contributed by atoms with E-state index in [1.807, 2.05) is 0 Å². The summed E-state index contributed by atoms with van der Waals surface area (Å²) in [6.45, 7) is 2.72. The Hall–Kier alpha value is -2.82.